The molecule has 0 spiro atoms. The third-order valence-corrected chi connectivity index (χ3v) is 2.70. The van der Waals surface area contributed by atoms with Crippen LogP contribution in [0.15, 0.2) is 30.5 Å². The lowest BCUT2D eigenvalue weighted by molar-refractivity contribution is 0.0996. The van der Waals surface area contributed by atoms with E-state index in [1.54, 1.807) is 0 Å². The van der Waals surface area contributed by atoms with Crippen LogP contribution in [0.3, 0.4) is 0 Å². The van der Waals surface area contributed by atoms with Crippen molar-refractivity contribution in [1.82, 2.24) is 9.97 Å². The number of benzene rings is 1. The summed E-state index contributed by atoms with van der Waals surface area (Å²) in [5, 5.41) is 0. The summed E-state index contributed by atoms with van der Waals surface area (Å²) < 4.78 is 0. The van der Waals surface area contributed by atoms with Crippen molar-refractivity contribution in [3.63, 3.8) is 0 Å². The van der Waals surface area contributed by atoms with Crippen molar-refractivity contribution < 1.29 is 4.79 Å². The van der Waals surface area contributed by atoms with Gasteiger partial charge in [-0.3, -0.25) is 4.79 Å². The summed E-state index contributed by atoms with van der Waals surface area (Å²) in [6, 6.07) is 7.83. The van der Waals surface area contributed by atoms with Gasteiger partial charge >= 0.3 is 0 Å². The first-order valence-corrected chi connectivity index (χ1v) is 5.79. The third-order valence-electron chi connectivity index (χ3n) is 2.70. The van der Waals surface area contributed by atoms with Gasteiger partial charge in [0.2, 0.25) is 0 Å². The van der Waals surface area contributed by atoms with Gasteiger partial charge in [0, 0.05) is 13.0 Å². The van der Waals surface area contributed by atoms with Crippen molar-refractivity contribution in [3.05, 3.63) is 53.0 Å². The standard InChI is InChI=1S/C13H15N5O/c14-6-9-3-1-2-8(4-9)5-10-7-17-12(15)11(18-10)13(16)19/h1-4,7H,5-6,14H2,(H2,15,17)(H2,16,19). The second-order valence-electron chi connectivity index (χ2n) is 4.16. The molecule has 6 nitrogen and oxygen atoms in total. The van der Waals surface area contributed by atoms with Crippen LogP contribution >= 0.6 is 0 Å². The molecule has 1 heterocycles. The Morgan fingerprint density at radius 2 is 2.00 bits per heavy atom. The first-order valence-electron chi connectivity index (χ1n) is 5.79. The van der Waals surface area contributed by atoms with Gasteiger partial charge in [0.25, 0.3) is 5.91 Å². The lowest BCUT2D eigenvalue weighted by Crippen LogP contribution is -2.17. The minimum Gasteiger partial charge on any atom is -0.382 e. The van der Waals surface area contributed by atoms with Crippen molar-refractivity contribution in [3.8, 4) is 0 Å². The average molecular weight is 257 g/mol. The van der Waals surface area contributed by atoms with Gasteiger partial charge in [-0.05, 0) is 11.1 Å². The number of carbonyl (C=O) groups excluding carboxylic acids is 1. The van der Waals surface area contributed by atoms with E-state index in [0.717, 1.165) is 11.1 Å². The Labute approximate surface area is 110 Å². The van der Waals surface area contributed by atoms with Crippen LogP contribution < -0.4 is 17.2 Å². The molecule has 1 aromatic carbocycles. The van der Waals surface area contributed by atoms with Gasteiger partial charge in [-0.2, -0.15) is 0 Å². The van der Waals surface area contributed by atoms with Gasteiger partial charge in [0.1, 0.15) is 0 Å². The van der Waals surface area contributed by atoms with Crippen LogP contribution in [0.1, 0.15) is 27.3 Å². The van der Waals surface area contributed by atoms with Gasteiger partial charge in [0.15, 0.2) is 11.5 Å². The minimum atomic E-state index is -0.678. The molecule has 6 heteroatoms. The zero-order valence-electron chi connectivity index (χ0n) is 10.3. The predicted molar refractivity (Wildman–Crippen MR) is 72.1 cm³/mol. The van der Waals surface area contributed by atoms with E-state index in [0.29, 0.717) is 18.7 Å². The second-order valence-corrected chi connectivity index (χ2v) is 4.16. The summed E-state index contributed by atoms with van der Waals surface area (Å²) in [5.74, 6) is -0.630. The van der Waals surface area contributed by atoms with E-state index in [2.05, 4.69) is 9.97 Å². The van der Waals surface area contributed by atoms with Crippen LogP contribution in [0.4, 0.5) is 5.82 Å². The molecule has 0 saturated carbocycles. The Kier molecular flexibility index (Phi) is 3.72. The maximum absolute atomic E-state index is 11.2. The third kappa shape index (κ3) is 3.05. The van der Waals surface area contributed by atoms with Crippen LogP contribution in [0, 0.1) is 0 Å². The maximum atomic E-state index is 11.2. The van der Waals surface area contributed by atoms with Crippen molar-refractivity contribution in [2.75, 3.05) is 5.73 Å². The molecule has 0 aliphatic heterocycles. The fourth-order valence-electron chi connectivity index (χ4n) is 1.78. The molecule has 1 aromatic heterocycles. The quantitative estimate of drug-likeness (QED) is 0.722. The Bertz CT molecular complexity index is 612. The lowest BCUT2D eigenvalue weighted by Gasteiger charge is -2.06. The predicted octanol–water partition coefficient (Wildman–Crippen LogP) is 0.207. The monoisotopic (exact) mass is 257 g/mol. The first-order chi connectivity index (χ1) is 9.10. The van der Waals surface area contributed by atoms with Crippen molar-refractivity contribution in [1.29, 1.82) is 0 Å². The molecule has 1 amide bonds. The van der Waals surface area contributed by atoms with E-state index in [1.165, 1.54) is 6.20 Å². The second kappa shape index (κ2) is 5.45. The van der Waals surface area contributed by atoms with E-state index in [9.17, 15) is 4.79 Å². The molecule has 0 bridgehead atoms. The summed E-state index contributed by atoms with van der Waals surface area (Å²) in [5.41, 5.74) is 19.0. The molecule has 2 aromatic rings. The van der Waals surface area contributed by atoms with E-state index >= 15 is 0 Å². The number of nitrogens with two attached hydrogens (primary N) is 3. The Balaban J connectivity index is 2.28. The molecule has 0 radical (unpaired) electrons. The molecule has 6 N–H and O–H groups in total. The number of rotatable bonds is 4. The number of amides is 1. The van der Waals surface area contributed by atoms with Gasteiger partial charge in [-0.25, -0.2) is 9.97 Å². The fraction of sp³-hybridized carbons (Fsp3) is 0.154. The molecule has 98 valence electrons. The summed E-state index contributed by atoms with van der Waals surface area (Å²) in [7, 11) is 0. The number of aromatic nitrogens is 2. The lowest BCUT2D eigenvalue weighted by atomic mass is 10.1. The van der Waals surface area contributed by atoms with E-state index in [4.69, 9.17) is 17.2 Å². The number of nitrogen functional groups attached to an aromatic ring is 1. The molecule has 0 fully saturated rings. The molecule has 0 aliphatic carbocycles. The smallest absolute Gasteiger partial charge is 0.271 e. The molecule has 0 saturated heterocycles. The zero-order chi connectivity index (χ0) is 13.8. The highest BCUT2D eigenvalue weighted by molar-refractivity contribution is 5.94. The molecule has 19 heavy (non-hydrogen) atoms. The van der Waals surface area contributed by atoms with Gasteiger partial charge in [-0.15, -0.1) is 0 Å². The highest BCUT2D eigenvalue weighted by Gasteiger charge is 2.10. The van der Waals surface area contributed by atoms with Crippen LogP contribution in [0.5, 0.6) is 0 Å². The van der Waals surface area contributed by atoms with E-state index < -0.39 is 5.91 Å². The SMILES string of the molecule is NCc1cccc(Cc2cnc(N)c(C(N)=O)n2)c1. The number of hydrogen-bond donors (Lipinski definition) is 3. The van der Waals surface area contributed by atoms with Crippen LogP contribution in [0.25, 0.3) is 0 Å². The minimum absolute atomic E-state index is 0.00693. The summed E-state index contributed by atoms with van der Waals surface area (Å²) in [6.07, 6.45) is 2.08. The number of anilines is 1. The highest BCUT2D eigenvalue weighted by atomic mass is 16.1. The van der Waals surface area contributed by atoms with Crippen molar-refractivity contribution >= 4 is 11.7 Å². The summed E-state index contributed by atoms with van der Waals surface area (Å²) in [6.45, 7) is 0.480. The molecule has 2 rings (SSSR count). The number of carbonyl (C=O) groups is 1. The zero-order valence-corrected chi connectivity index (χ0v) is 10.3. The van der Waals surface area contributed by atoms with Crippen LogP contribution in [0.2, 0.25) is 0 Å². The molecule has 0 unspecified atom stereocenters. The molecular formula is C13H15N5O. The number of primary amides is 1. The average Bonchev–Trinajstić information content (AvgIpc) is 2.41. The highest BCUT2D eigenvalue weighted by Crippen LogP contribution is 2.12. The van der Waals surface area contributed by atoms with Gasteiger partial charge in [-0.1, -0.05) is 24.3 Å². The van der Waals surface area contributed by atoms with Crippen LogP contribution in [-0.2, 0) is 13.0 Å². The molecule has 0 atom stereocenters. The first kappa shape index (κ1) is 13.0. The fourth-order valence-corrected chi connectivity index (χ4v) is 1.78. The van der Waals surface area contributed by atoms with Crippen molar-refractivity contribution in [2.24, 2.45) is 11.5 Å². The largest absolute Gasteiger partial charge is 0.382 e. The number of hydrogen-bond acceptors (Lipinski definition) is 5. The number of nitrogens with zero attached hydrogens (tertiary/aromatic N) is 2. The normalized spacial score (nSPS) is 10.4. The maximum Gasteiger partial charge on any atom is 0.271 e. The van der Waals surface area contributed by atoms with Gasteiger partial charge in [0.05, 0.1) is 11.9 Å². The molecular weight excluding hydrogens is 242 g/mol. The molecule has 0 aliphatic rings. The Hall–Kier alpha value is -2.47. The Morgan fingerprint density at radius 1 is 1.26 bits per heavy atom. The van der Waals surface area contributed by atoms with E-state index in [1.807, 2.05) is 24.3 Å². The Morgan fingerprint density at radius 3 is 2.68 bits per heavy atom. The van der Waals surface area contributed by atoms with E-state index in [-0.39, 0.29) is 11.5 Å². The summed E-state index contributed by atoms with van der Waals surface area (Å²) >= 11 is 0. The topological polar surface area (TPSA) is 121 Å². The van der Waals surface area contributed by atoms with Gasteiger partial charge < -0.3 is 17.2 Å². The van der Waals surface area contributed by atoms with Crippen LogP contribution in [-0.4, -0.2) is 15.9 Å². The van der Waals surface area contributed by atoms with Crippen molar-refractivity contribution in [2.45, 2.75) is 13.0 Å². The summed E-state index contributed by atoms with van der Waals surface area (Å²) in [4.78, 5) is 19.2.